The van der Waals surface area contributed by atoms with E-state index in [1.165, 1.54) is 12.1 Å². The maximum Gasteiger partial charge on any atom is 0.0474 e. The molecule has 1 saturated heterocycles. The van der Waals surface area contributed by atoms with Gasteiger partial charge in [0, 0.05) is 29.8 Å². The van der Waals surface area contributed by atoms with Crippen LogP contribution in [0.3, 0.4) is 0 Å². The van der Waals surface area contributed by atoms with Gasteiger partial charge in [-0.3, -0.25) is 0 Å². The molecule has 18 heavy (non-hydrogen) atoms. The first-order valence-corrected chi connectivity index (χ1v) is 7.16. The van der Waals surface area contributed by atoms with E-state index in [9.17, 15) is 0 Å². The lowest BCUT2D eigenvalue weighted by molar-refractivity contribution is 0.423. The maximum atomic E-state index is 6.30. The van der Waals surface area contributed by atoms with E-state index < -0.39 is 0 Å². The number of nitrogens with zero attached hydrogens (tertiary/aromatic N) is 1. The van der Waals surface area contributed by atoms with Gasteiger partial charge in [0.2, 0.25) is 0 Å². The van der Waals surface area contributed by atoms with E-state index in [4.69, 9.17) is 17.3 Å². The van der Waals surface area contributed by atoms with Crippen molar-refractivity contribution in [3.05, 3.63) is 28.8 Å². The molecule has 0 spiro atoms. The van der Waals surface area contributed by atoms with Gasteiger partial charge in [-0.2, -0.15) is 0 Å². The second-order valence-corrected chi connectivity index (χ2v) is 6.14. The molecule has 2 atom stereocenters. The molecule has 1 aromatic rings. The molecule has 0 radical (unpaired) electrons. The number of anilines is 1. The molecule has 1 aromatic carbocycles. The van der Waals surface area contributed by atoms with Crippen LogP contribution in [0.1, 0.15) is 38.8 Å². The number of nitrogens with two attached hydrogens (primary N) is 1. The zero-order valence-electron chi connectivity index (χ0n) is 11.5. The SMILES string of the molecule is CC(N)c1ccc(N2CCC(C(C)C)C2)cc1Cl. The van der Waals surface area contributed by atoms with E-state index >= 15 is 0 Å². The highest BCUT2D eigenvalue weighted by Gasteiger charge is 2.25. The number of halogens is 1. The fourth-order valence-electron chi connectivity index (χ4n) is 2.65. The maximum absolute atomic E-state index is 6.30. The van der Waals surface area contributed by atoms with Crippen LogP contribution >= 0.6 is 11.6 Å². The summed E-state index contributed by atoms with van der Waals surface area (Å²) in [6.45, 7) is 8.86. The highest BCUT2D eigenvalue weighted by atomic mass is 35.5. The van der Waals surface area contributed by atoms with E-state index in [0.29, 0.717) is 0 Å². The summed E-state index contributed by atoms with van der Waals surface area (Å²) in [7, 11) is 0. The van der Waals surface area contributed by atoms with Crippen molar-refractivity contribution in [1.29, 1.82) is 0 Å². The molecule has 0 aromatic heterocycles. The fraction of sp³-hybridized carbons (Fsp3) is 0.600. The van der Waals surface area contributed by atoms with E-state index in [2.05, 4.69) is 36.9 Å². The average Bonchev–Trinajstić information content (AvgIpc) is 2.77. The van der Waals surface area contributed by atoms with Gasteiger partial charge in [-0.25, -0.2) is 0 Å². The summed E-state index contributed by atoms with van der Waals surface area (Å²) in [6.07, 6.45) is 1.28. The lowest BCUT2D eigenvalue weighted by Crippen LogP contribution is -2.21. The van der Waals surface area contributed by atoms with Crippen LogP contribution in [0.4, 0.5) is 5.69 Å². The van der Waals surface area contributed by atoms with E-state index in [1.807, 2.05) is 6.92 Å². The van der Waals surface area contributed by atoms with Gasteiger partial charge in [-0.15, -0.1) is 0 Å². The van der Waals surface area contributed by atoms with Gasteiger partial charge in [-0.1, -0.05) is 31.5 Å². The fourth-order valence-corrected chi connectivity index (χ4v) is 2.99. The van der Waals surface area contributed by atoms with E-state index in [-0.39, 0.29) is 6.04 Å². The molecule has 3 heteroatoms. The molecular formula is C15H23ClN2. The van der Waals surface area contributed by atoms with Gasteiger partial charge in [0.1, 0.15) is 0 Å². The molecule has 2 unspecified atom stereocenters. The third kappa shape index (κ3) is 2.81. The Morgan fingerprint density at radius 3 is 2.56 bits per heavy atom. The summed E-state index contributed by atoms with van der Waals surface area (Å²) >= 11 is 6.30. The summed E-state index contributed by atoms with van der Waals surface area (Å²) in [6, 6.07) is 6.26. The van der Waals surface area contributed by atoms with Crippen LogP contribution in [0.2, 0.25) is 5.02 Å². The summed E-state index contributed by atoms with van der Waals surface area (Å²) in [4.78, 5) is 2.43. The Kier molecular flexibility index (Phi) is 4.18. The van der Waals surface area contributed by atoms with Gasteiger partial charge >= 0.3 is 0 Å². The van der Waals surface area contributed by atoms with Gasteiger partial charge in [-0.05, 0) is 42.9 Å². The molecule has 0 aliphatic carbocycles. The van der Waals surface area contributed by atoms with Crippen LogP contribution in [0.25, 0.3) is 0 Å². The monoisotopic (exact) mass is 266 g/mol. The van der Waals surface area contributed by atoms with Crippen molar-refractivity contribution in [2.75, 3.05) is 18.0 Å². The average molecular weight is 267 g/mol. The summed E-state index contributed by atoms with van der Waals surface area (Å²) in [5.74, 6) is 1.56. The number of rotatable bonds is 3. The Bertz CT molecular complexity index is 415. The first-order chi connectivity index (χ1) is 8.49. The largest absolute Gasteiger partial charge is 0.371 e. The molecular weight excluding hydrogens is 244 g/mol. The number of benzene rings is 1. The minimum absolute atomic E-state index is 0.00598. The predicted molar refractivity (Wildman–Crippen MR) is 79.2 cm³/mol. The van der Waals surface area contributed by atoms with Gasteiger partial charge < -0.3 is 10.6 Å². The summed E-state index contributed by atoms with van der Waals surface area (Å²) in [5.41, 5.74) is 8.14. The molecule has 0 bridgehead atoms. The second-order valence-electron chi connectivity index (χ2n) is 5.73. The molecule has 1 aliphatic rings. The summed E-state index contributed by atoms with van der Waals surface area (Å²) in [5, 5.41) is 0.787. The van der Waals surface area contributed by atoms with E-state index in [1.54, 1.807) is 0 Å². The van der Waals surface area contributed by atoms with Crippen molar-refractivity contribution in [2.45, 2.75) is 33.2 Å². The molecule has 2 nitrogen and oxygen atoms in total. The molecule has 2 rings (SSSR count). The van der Waals surface area contributed by atoms with Crippen molar-refractivity contribution >= 4 is 17.3 Å². The first-order valence-electron chi connectivity index (χ1n) is 6.79. The van der Waals surface area contributed by atoms with Crippen LogP contribution in [-0.2, 0) is 0 Å². The van der Waals surface area contributed by atoms with Crippen LogP contribution in [0.5, 0.6) is 0 Å². The van der Waals surface area contributed by atoms with Crippen LogP contribution in [0.15, 0.2) is 18.2 Å². The Labute approximate surface area is 115 Å². The minimum atomic E-state index is -0.00598. The quantitative estimate of drug-likeness (QED) is 0.901. The zero-order chi connectivity index (χ0) is 13.3. The van der Waals surface area contributed by atoms with Crippen molar-refractivity contribution in [3.8, 4) is 0 Å². The van der Waals surface area contributed by atoms with Crippen LogP contribution < -0.4 is 10.6 Å². The Hall–Kier alpha value is -0.730. The van der Waals surface area contributed by atoms with Crippen molar-refractivity contribution in [2.24, 2.45) is 17.6 Å². The smallest absolute Gasteiger partial charge is 0.0474 e. The number of hydrogen-bond donors (Lipinski definition) is 1. The molecule has 1 aliphatic heterocycles. The van der Waals surface area contributed by atoms with Gasteiger partial charge in [0.05, 0.1) is 0 Å². The highest BCUT2D eigenvalue weighted by molar-refractivity contribution is 6.31. The minimum Gasteiger partial charge on any atom is -0.371 e. The standard InChI is InChI=1S/C15H23ClN2/c1-10(2)12-6-7-18(9-12)13-4-5-14(11(3)17)15(16)8-13/h4-5,8,10-12H,6-7,9,17H2,1-3H3. The van der Waals surface area contributed by atoms with Crippen LogP contribution in [-0.4, -0.2) is 13.1 Å². The molecule has 0 amide bonds. The van der Waals surface area contributed by atoms with E-state index in [0.717, 1.165) is 35.5 Å². The molecule has 2 N–H and O–H groups in total. The third-order valence-corrected chi connectivity index (χ3v) is 4.33. The van der Waals surface area contributed by atoms with Crippen molar-refractivity contribution in [3.63, 3.8) is 0 Å². The Balaban J connectivity index is 2.13. The lowest BCUT2D eigenvalue weighted by atomic mass is 9.95. The molecule has 1 fully saturated rings. The topological polar surface area (TPSA) is 29.3 Å². The molecule has 100 valence electrons. The van der Waals surface area contributed by atoms with Crippen molar-refractivity contribution in [1.82, 2.24) is 0 Å². The Morgan fingerprint density at radius 1 is 1.33 bits per heavy atom. The first kappa shape index (κ1) is 13.7. The molecule has 0 saturated carbocycles. The van der Waals surface area contributed by atoms with Gasteiger partial charge in [0.15, 0.2) is 0 Å². The normalized spacial score (nSPS) is 21.7. The lowest BCUT2D eigenvalue weighted by Gasteiger charge is -2.21. The van der Waals surface area contributed by atoms with Gasteiger partial charge in [0.25, 0.3) is 0 Å². The van der Waals surface area contributed by atoms with Crippen LogP contribution in [0, 0.1) is 11.8 Å². The molecule has 1 heterocycles. The second kappa shape index (κ2) is 5.50. The van der Waals surface area contributed by atoms with Crippen molar-refractivity contribution < 1.29 is 0 Å². The number of hydrogen-bond acceptors (Lipinski definition) is 2. The zero-order valence-corrected chi connectivity index (χ0v) is 12.2. The highest BCUT2D eigenvalue weighted by Crippen LogP contribution is 2.32. The third-order valence-electron chi connectivity index (χ3n) is 4.01. The summed E-state index contributed by atoms with van der Waals surface area (Å²) < 4.78 is 0. The predicted octanol–water partition coefficient (Wildman–Crippen LogP) is 3.84. The Morgan fingerprint density at radius 2 is 2.06 bits per heavy atom.